The minimum Gasteiger partial charge on any atom is -0.497 e. The number of carbonyl (C=O) groups excluding carboxylic acids is 1. The number of benzene rings is 4. The molecule has 296 valence electrons. The van der Waals surface area contributed by atoms with E-state index in [1.807, 2.05) is 89.5 Å². The van der Waals surface area contributed by atoms with Gasteiger partial charge in [-0.1, -0.05) is 93.6 Å². The lowest BCUT2D eigenvalue weighted by molar-refractivity contribution is -0.00398. The number of hydrogen-bond donors (Lipinski definition) is 1. The number of nitrogens with zero attached hydrogens (tertiary/aromatic N) is 4. The van der Waals surface area contributed by atoms with E-state index in [1.54, 1.807) is 44.8 Å². The van der Waals surface area contributed by atoms with Crippen LogP contribution in [0, 0.1) is 0 Å². The molecule has 0 aliphatic carbocycles. The van der Waals surface area contributed by atoms with Gasteiger partial charge in [0, 0.05) is 5.56 Å². The first-order valence-corrected chi connectivity index (χ1v) is 22.7. The minimum atomic E-state index is -2.51. The molecule has 1 unspecified atom stereocenters. The van der Waals surface area contributed by atoms with Crippen LogP contribution in [0.2, 0.25) is 18.1 Å². The van der Waals surface area contributed by atoms with E-state index in [4.69, 9.17) is 18.6 Å². The van der Waals surface area contributed by atoms with Crippen molar-refractivity contribution in [2.24, 2.45) is 0 Å². The van der Waals surface area contributed by atoms with E-state index in [0.29, 0.717) is 28.2 Å². The number of thioether (sulfide) groups is 1. The number of aromatic nitrogens is 4. The fourth-order valence-corrected chi connectivity index (χ4v) is 9.72. The second-order valence-corrected chi connectivity index (χ2v) is 21.7. The summed E-state index contributed by atoms with van der Waals surface area (Å²) < 4.78 is 44.5. The number of alkyl halides is 1. The Morgan fingerprint density at radius 2 is 1.37 bits per heavy atom. The lowest BCUT2D eigenvalue weighted by Gasteiger charge is -2.40. The highest BCUT2D eigenvalue weighted by atomic mass is 32.2. The zero-order valence-electron chi connectivity index (χ0n) is 33.2. The molecule has 1 amide bonds. The van der Waals surface area contributed by atoms with Crippen LogP contribution in [0.1, 0.15) is 53.2 Å². The monoisotopic (exact) mass is 805 g/mol. The Labute approximate surface area is 338 Å². The summed E-state index contributed by atoms with van der Waals surface area (Å²) in [5, 5.41) is 1.48. The maximum atomic E-state index is 17.5. The van der Waals surface area contributed by atoms with Gasteiger partial charge in [-0.2, -0.15) is 0 Å². The van der Waals surface area contributed by atoms with Gasteiger partial charge < -0.3 is 24.0 Å². The molecule has 4 atom stereocenters. The molecular formula is C44H48FN5O5SSi. The molecular weight excluding hydrogens is 758 g/mol. The van der Waals surface area contributed by atoms with Gasteiger partial charge in [0.2, 0.25) is 0 Å². The summed E-state index contributed by atoms with van der Waals surface area (Å²) in [6, 6.07) is 34.4. The molecule has 4 aromatic carbocycles. The first kappa shape index (κ1) is 40.1. The van der Waals surface area contributed by atoms with Gasteiger partial charge in [-0.15, -0.1) is 11.8 Å². The van der Waals surface area contributed by atoms with Crippen molar-refractivity contribution < 1.29 is 27.8 Å². The first-order valence-electron chi connectivity index (χ1n) is 18.9. The van der Waals surface area contributed by atoms with Gasteiger partial charge in [0.05, 0.1) is 32.4 Å². The summed E-state index contributed by atoms with van der Waals surface area (Å²) in [5.41, 5.74) is 2.79. The molecule has 0 saturated carbocycles. The number of imidazole rings is 1. The van der Waals surface area contributed by atoms with E-state index in [1.165, 1.54) is 18.1 Å². The predicted octanol–water partition coefficient (Wildman–Crippen LogP) is 9.45. The Hall–Kier alpha value is -5.08. The number of halogens is 1. The molecule has 3 heterocycles. The number of ether oxygens (including phenoxy) is 3. The molecule has 1 aliphatic rings. The number of hydrogen-bond acceptors (Lipinski definition) is 9. The smallest absolute Gasteiger partial charge is 0.256 e. The van der Waals surface area contributed by atoms with Crippen molar-refractivity contribution in [2.75, 3.05) is 26.1 Å². The highest BCUT2D eigenvalue weighted by Crippen LogP contribution is 2.51. The second-order valence-electron chi connectivity index (χ2n) is 15.5. The Morgan fingerprint density at radius 1 is 0.807 bits per heavy atom. The molecule has 10 nitrogen and oxygen atoms in total. The van der Waals surface area contributed by atoms with Crippen molar-refractivity contribution in [3.8, 4) is 11.5 Å². The van der Waals surface area contributed by atoms with Crippen LogP contribution < -0.4 is 14.8 Å². The quantitative estimate of drug-likeness (QED) is 0.0902. The zero-order valence-corrected chi connectivity index (χ0v) is 35.0. The van der Waals surface area contributed by atoms with Crippen LogP contribution >= 0.6 is 11.8 Å². The van der Waals surface area contributed by atoms with Crippen molar-refractivity contribution >= 4 is 43.0 Å². The van der Waals surface area contributed by atoms with Crippen LogP contribution in [0.5, 0.6) is 11.5 Å². The number of rotatable bonds is 13. The van der Waals surface area contributed by atoms with Crippen molar-refractivity contribution in [2.45, 2.75) is 67.4 Å². The number of fused-ring (bicyclic) bond motifs is 1. The molecule has 0 spiro atoms. The normalized spacial score (nSPS) is 18.7. The van der Waals surface area contributed by atoms with Crippen LogP contribution in [0.4, 0.5) is 10.2 Å². The molecule has 1 aliphatic heterocycles. The summed E-state index contributed by atoms with van der Waals surface area (Å²) in [6.45, 7) is 10.7. The highest BCUT2D eigenvalue weighted by molar-refractivity contribution is 8.00. The fraction of sp³-hybridized carbons (Fsp3) is 0.318. The SMILES string of the molecule is COc1ccc(C(OC[C@H]2S[C@@H](n3cnc4c(NC(=O)c5ccccc5)ncnc43)[C@H](O[Si](C)(C)C(C)(C)C)C2F)(c2ccccc2)c2ccc(OC)cc2)cc1. The van der Waals surface area contributed by atoms with Crippen molar-refractivity contribution in [1.82, 2.24) is 19.5 Å². The van der Waals surface area contributed by atoms with Crippen LogP contribution in [-0.4, -0.2) is 72.1 Å². The van der Waals surface area contributed by atoms with Crippen LogP contribution in [-0.2, 0) is 14.8 Å². The van der Waals surface area contributed by atoms with Gasteiger partial charge >= 0.3 is 0 Å². The number of amides is 1. The van der Waals surface area contributed by atoms with Crippen molar-refractivity contribution in [3.63, 3.8) is 0 Å². The standard InChI is InChI=1S/C44H48FN5O5SSi/c1-43(2,3)57(6,7)55-38-36(45)35(56-42(38)50-28-48-37-39(46-27-47-40(37)50)49-41(51)29-14-10-8-11-15-29)26-54-44(30-16-12-9-13-17-30,31-18-22-33(52-4)23-19-31)32-20-24-34(53-5)25-21-32/h8-25,27-28,35-36,38,42H,26H2,1-7H3,(H,46,47,49,51)/t35-,36?,38-,42-/m1/s1. The molecule has 6 aromatic rings. The summed E-state index contributed by atoms with van der Waals surface area (Å²) in [4.78, 5) is 26.7. The van der Waals surface area contributed by atoms with Gasteiger partial charge in [0.25, 0.3) is 5.91 Å². The molecule has 57 heavy (non-hydrogen) atoms. The van der Waals surface area contributed by atoms with E-state index in [-0.39, 0.29) is 23.4 Å². The van der Waals surface area contributed by atoms with Crippen LogP contribution in [0.3, 0.4) is 0 Å². The minimum absolute atomic E-state index is 0.0344. The van der Waals surface area contributed by atoms with Crippen molar-refractivity contribution in [3.05, 3.63) is 144 Å². The lowest BCUT2D eigenvalue weighted by atomic mass is 9.80. The molecule has 1 saturated heterocycles. The predicted molar refractivity (Wildman–Crippen MR) is 225 cm³/mol. The summed E-state index contributed by atoms with van der Waals surface area (Å²) >= 11 is 1.44. The number of nitrogens with one attached hydrogen (secondary N) is 1. The molecule has 1 fully saturated rings. The average molecular weight is 806 g/mol. The molecule has 7 rings (SSSR count). The largest absolute Gasteiger partial charge is 0.497 e. The zero-order chi connectivity index (χ0) is 40.4. The topological polar surface area (TPSA) is 110 Å². The van der Waals surface area contributed by atoms with E-state index < -0.39 is 36.8 Å². The Balaban J connectivity index is 1.28. The second kappa shape index (κ2) is 16.4. The maximum Gasteiger partial charge on any atom is 0.256 e. The number of methoxy groups -OCH3 is 2. The third kappa shape index (κ3) is 7.93. The van der Waals surface area contributed by atoms with Crippen LogP contribution in [0.25, 0.3) is 11.2 Å². The van der Waals surface area contributed by atoms with Gasteiger partial charge in [-0.25, -0.2) is 19.3 Å². The first-order chi connectivity index (χ1) is 27.4. The van der Waals surface area contributed by atoms with Gasteiger partial charge in [0.15, 0.2) is 25.3 Å². The van der Waals surface area contributed by atoms with Gasteiger partial charge in [-0.05, 0) is 71.2 Å². The molecule has 0 bridgehead atoms. The van der Waals surface area contributed by atoms with Crippen molar-refractivity contribution in [1.29, 1.82) is 0 Å². The highest BCUT2D eigenvalue weighted by Gasteiger charge is 2.52. The fourth-order valence-electron chi connectivity index (χ4n) is 6.88. The van der Waals surface area contributed by atoms with E-state index >= 15 is 4.39 Å². The molecule has 0 radical (unpaired) electrons. The third-order valence-corrected chi connectivity index (χ3v) is 17.0. The van der Waals surface area contributed by atoms with Gasteiger partial charge in [-0.3, -0.25) is 9.36 Å². The summed E-state index contributed by atoms with van der Waals surface area (Å²) in [6.07, 6.45) is 0.740. The number of carbonyl (C=O) groups is 1. The lowest BCUT2D eigenvalue weighted by Crippen LogP contribution is -2.48. The van der Waals surface area contributed by atoms with E-state index in [0.717, 1.165) is 16.7 Å². The molecule has 2 aromatic heterocycles. The van der Waals surface area contributed by atoms with Gasteiger partial charge in [0.1, 0.15) is 41.1 Å². The van der Waals surface area contributed by atoms with E-state index in [2.05, 4.69) is 54.1 Å². The molecule has 1 N–H and O–H groups in total. The number of anilines is 1. The Bertz CT molecular complexity index is 2240. The summed E-state index contributed by atoms with van der Waals surface area (Å²) in [5.74, 6) is 1.36. The Kier molecular flexibility index (Phi) is 11.6. The maximum absolute atomic E-state index is 17.5. The third-order valence-electron chi connectivity index (χ3n) is 11.0. The van der Waals surface area contributed by atoms with E-state index in [9.17, 15) is 4.79 Å². The average Bonchev–Trinajstić information content (AvgIpc) is 3.79. The Morgan fingerprint density at radius 3 is 1.93 bits per heavy atom. The molecule has 13 heteroatoms. The summed E-state index contributed by atoms with van der Waals surface area (Å²) in [7, 11) is 0.755. The van der Waals surface area contributed by atoms with Crippen LogP contribution in [0.15, 0.2) is 122 Å².